The monoisotopic (exact) mass is 268 g/mol. The van der Waals surface area contributed by atoms with Gasteiger partial charge in [0.15, 0.2) is 0 Å². The van der Waals surface area contributed by atoms with Crippen LogP contribution in [0.15, 0.2) is 60.0 Å². The lowest BCUT2D eigenvalue weighted by molar-refractivity contribution is 0.176. The Bertz CT molecular complexity index is 658. The number of rotatable bonds is 4. The number of aliphatic hydroxyl groups is 1. The van der Waals surface area contributed by atoms with E-state index in [1.54, 1.807) is 11.3 Å². The zero-order valence-electron chi connectivity index (χ0n) is 10.6. The van der Waals surface area contributed by atoms with Crippen molar-refractivity contribution in [3.8, 4) is 0 Å². The minimum Gasteiger partial charge on any atom is -0.392 e. The van der Waals surface area contributed by atoms with E-state index in [0.717, 1.165) is 6.42 Å². The molecule has 0 radical (unpaired) electrons. The Morgan fingerprint density at radius 1 is 0.895 bits per heavy atom. The first-order valence-electron chi connectivity index (χ1n) is 6.49. The van der Waals surface area contributed by atoms with E-state index in [1.165, 1.54) is 21.2 Å². The van der Waals surface area contributed by atoms with Crippen LogP contribution in [0.2, 0.25) is 0 Å². The topological polar surface area (TPSA) is 20.2 Å². The first kappa shape index (κ1) is 12.4. The van der Waals surface area contributed by atoms with Gasteiger partial charge in [0.05, 0.1) is 6.10 Å². The second kappa shape index (κ2) is 5.55. The van der Waals surface area contributed by atoms with E-state index < -0.39 is 0 Å². The van der Waals surface area contributed by atoms with Gasteiger partial charge in [-0.1, -0.05) is 48.5 Å². The summed E-state index contributed by atoms with van der Waals surface area (Å²) in [6.45, 7) is 0. The quantitative estimate of drug-likeness (QED) is 0.757. The maximum absolute atomic E-state index is 10.2. The Morgan fingerprint density at radius 2 is 1.74 bits per heavy atom. The lowest BCUT2D eigenvalue weighted by Crippen LogP contribution is -2.13. The lowest BCUT2D eigenvalue weighted by Gasteiger charge is -2.10. The summed E-state index contributed by atoms with van der Waals surface area (Å²) in [5.74, 6) is 0. The Labute approximate surface area is 117 Å². The van der Waals surface area contributed by atoms with Gasteiger partial charge in [-0.2, -0.15) is 0 Å². The fourth-order valence-corrected chi connectivity index (χ4v) is 3.15. The molecule has 0 aliphatic heterocycles. The number of aliphatic hydroxyl groups excluding tert-OH is 1. The highest BCUT2D eigenvalue weighted by Crippen LogP contribution is 2.18. The highest BCUT2D eigenvalue weighted by Gasteiger charge is 2.08. The zero-order chi connectivity index (χ0) is 13.1. The van der Waals surface area contributed by atoms with Crippen molar-refractivity contribution in [3.63, 3.8) is 0 Å². The number of hydrogen-bond acceptors (Lipinski definition) is 2. The van der Waals surface area contributed by atoms with Crippen molar-refractivity contribution in [2.45, 2.75) is 18.9 Å². The second-order valence-corrected chi connectivity index (χ2v) is 5.86. The maximum atomic E-state index is 10.2. The van der Waals surface area contributed by atoms with Crippen molar-refractivity contribution in [1.29, 1.82) is 0 Å². The van der Waals surface area contributed by atoms with Crippen LogP contribution >= 0.6 is 11.3 Å². The standard InChI is InChI=1S/C17H16OS/c18-16(12-17-6-3-9-19-17)11-13-7-8-14-4-1-2-5-15(14)10-13/h1-10,16,18H,11-12H2. The summed E-state index contributed by atoms with van der Waals surface area (Å²) in [6.07, 6.45) is 1.15. The van der Waals surface area contributed by atoms with Crippen molar-refractivity contribution >= 4 is 22.1 Å². The molecule has 0 spiro atoms. The van der Waals surface area contributed by atoms with Gasteiger partial charge in [-0.3, -0.25) is 0 Å². The lowest BCUT2D eigenvalue weighted by atomic mass is 10.0. The highest BCUT2D eigenvalue weighted by molar-refractivity contribution is 7.09. The van der Waals surface area contributed by atoms with E-state index in [4.69, 9.17) is 0 Å². The highest BCUT2D eigenvalue weighted by atomic mass is 32.1. The predicted molar refractivity (Wildman–Crippen MR) is 81.7 cm³/mol. The molecule has 1 aromatic heterocycles. The average molecular weight is 268 g/mol. The Hall–Kier alpha value is -1.64. The molecule has 0 bridgehead atoms. The van der Waals surface area contributed by atoms with Crippen molar-refractivity contribution in [2.75, 3.05) is 0 Å². The molecule has 0 aliphatic rings. The van der Waals surface area contributed by atoms with Gasteiger partial charge >= 0.3 is 0 Å². The molecule has 0 amide bonds. The third kappa shape index (κ3) is 3.03. The first-order valence-corrected chi connectivity index (χ1v) is 7.37. The molecule has 0 saturated carbocycles. The van der Waals surface area contributed by atoms with E-state index in [1.807, 2.05) is 18.2 Å². The van der Waals surface area contributed by atoms with Gasteiger partial charge in [-0.25, -0.2) is 0 Å². The van der Waals surface area contributed by atoms with Gasteiger partial charge < -0.3 is 5.11 Å². The van der Waals surface area contributed by atoms with Gasteiger partial charge in [0.1, 0.15) is 0 Å². The fraction of sp³-hybridized carbons (Fsp3) is 0.176. The number of thiophene rings is 1. The van der Waals surface area contributed by atoms with E-state index in [2.05, 4.69) is 41.8 Å². The SMILES string of the molecule is OC(Cc1ccc2ccccc2c1)Cc1cccs1. The average Bonchev–Trinajstić information content (AvgIpc) is 2.91. The number of fused-ring (bicyclic) bond motifs is 1. The maximum Gasteiger partial charge on any atom is 0.0628 e. The summed E-state index contributed by atoms with van der Waals surface area (Å²) >= 11 is 1.70. The van der Waals surface area contributed by atoms with Crippen LogP contribution in [0.3, 0.4) is 0 Å². The molecular formula is C17H16OS. The molecule has 1 nitrogen and oxygen atoms in total. The Kier molecular flexibility index (Phi) is 3.62. The van der Waals surface area contributed by atoms with E-state index in [9.17, 15) is 5.11 Å². The third-order valence-corrected chi connectivity index (χ3v) is 4.20. The molecule has 2 heteroatoms. The molecule has 0 aliphatic carbocycles. The Balaban J connectivity index is 1.73. The summed E-state index contributed by atoms with van der Waals surface area (Å²) in [7, 11) is 0. The summed E-state index contributed by atoms with van der Waals surface area (Å²) in [4.78, 5) is 1.24. The largest absolute Gasteiger partial charge is 0.392 e. The molecule has 3 aromatic rings. The van der Waals surface area contributed by atoms with Crippen LogP contribution in [0.1, 0.15) is 10.4 Å². The van der Waals surface area contributed by atoms with E-state index in [-0.39, 0.29) is 6.10 Å². The minimum absolute atomic E-state index is 0.306. The molecule has 1 atom stereocenters. The van der Waals surface area contributed by atoms with Gasteiger partial charge in [-0.15, -0.1) is 11.3 Å². The molecule has 0 saturated heterocycles. The molecule has 1 heterocycles. The molecule has 2 aromatic carbocycles. The summed E-state index contributed by atoms with van der Waals surface area (Å²) in [5.41, 5.74) is 1.20. The van der Waals surface area contributed by atoms with Crippen molar-refractivity contribution < 1.29 is 5.11 Å². The summed E-state index contributed by atoms with van der Waals surface area (Å²) in [6, 6.07) is 18.8. The van der Waals surface area contributed by atoms with Crippen LogP contribution in [0.4, 0.5) is 0 Å². The molecule has 96 valence electrons. The van der Waals surface area contributed by atoms with Crippen LogP contribution < -0.4 is 0 Å². The second-order valence-electron chi connectivity index (χ2n) is 4.82. The Morgan fingerprint density at radius 3 is 2.53 bits per heavy atom. The number of hydrogen-bond donors (Lipinski definition) is 1. The molecule has 19 heavy (non-hydrogen) atoms. The van der Waals surface area contributed by atoms with Crippen molar-refractivity contribution in [1.82, 2.24) is 0 Å². The van der Waals surface area contributed by atoms with Crippen LogP contribution in [0, 0.1) is 0 Å². The van der Waals surface area contributed by atoms with E-state index in [0.29, 0.717) is 6.42 Å². The van der Waals surface area contributed by atoms with Crippen LogP contribution in [0.25, 0.3) is 10.8 Å². The minimum atomic E-state index is -0.306. The van der Waals surface area contributed by atoms with Crippen LogP contribution in [-0.2, 0) is 12.8 Å². The normalized spacial score (nSPS) is 12.7. The predicted octanol–water partition coefficient (Wildman–Crippen LogP) is 4.05. The van der Waals surface area contributed by atoms with Gasteiger partial charge in [0.2, 0.25) is 0 Å². The van der Waals surface area contributed by atoms with Gasteiger partial charge in [0.25, 0.3) is 0 Å². The summed E-state index contributed by atoms with van der Waals surface area (Å²) in [5, 5.41) is 14.7. The van der Waals surface area contributed by atoms with Crippen molar-refractivity contribution in [3.05, 3.63) is 70.4 Å². The molecule has 1 N–H and O–H groups in total. The van der Waals surface area contributed by atoms with Gasteiger partial charge in [0, 0.05) is 11.3 Å². The fourth-order valence-electron chi connectivity index (χ4n) is 2.37. The van der Waals surface area contributed by atoms with E-state index >= 15 is 0 Å². The smallest absolute Gasteiger partial charge is 0.0628 e. The molecule has 0 fully saturated rings. The first-order chi connectivity index (χ1) is 9.31. The van der Waals surface area contributed by atoms with Crippen molar-refractivity contribution in [2.24, 2.45) is 0 Å². The number of benzene rings is 2. The molecule has 1 unspecified atom stereocenters. The van der Waals surface area contributed by atoms with Gasteiger partial charge in [-0.05, 0) is 34.2 Å². The molecule has 3 rings (SSSR count). The zero-order valence-corrected chi connectivity index (χ0v) is 11.4. The third-order valence-electron chi connectivity index (χ3n) is 3.30. The summed E-state index contributed by atoms with van der Waals surface area (Å²) < 4.78 is 0. The molecular weight excluding hydrogens is 252 g/mol. The van der Waals surface area contributed by atoms with Crippen LogP contribution in [-0.4, -0.2) is 11.2 Å². The van der Waals surface area contributed by atoms with Crippen LogP contribution in [0.5, 0.6) is 0 Å².